The average molecular weight is 251 g/mol. The number of rotatable bonds is 3. The van der Waals surface area contributed by atoms with Gasteiger partial charge in [-0.3, -0.25) is 4.57 Å². The molecule has 0 amide bonds. The molecule has 2 rings (SSSR count). The topological polar surface area (TPSA) is 55.1 Å². The molecule has 1 heterocycles. The Labute approximate surface area is 103 Å². The molecule has 1 unspecified atom stereocenters. The third-order valence-electron chi connectivity index (χ3n) is 2.38. The first kappa shape index (κ1) is 11.8. The molecular weight excluding hydrogens is 240 g/mol. The molecule has 0 aliphatic heterocycles. The lowest BCUT2D eigenvalue weighted by atomic mass is 10.1. The van der Waals surface area contributed by atoms with Gasteiger partial charge in [-0.25, -0.2) is 9.78 Å². The van der Waals surface area contributed by atoms with Crippen LogP contribution in [0.4, 0.5) is 0 Å². The third-order valence-corrected chi connectivity index (χ3v) is 2.57. The van der Waals surface area contributed by atoms with Crippen LogP contribution in [0, 0.1) is 0 Å². The van der Waals surface area contributed by atoms with E-state index in [2.05, 4.69) is 4.98 Å². The molecule has 0 aliphatic rings. The number of nitrogens with zero attached hydrogens (tertiary/aromatic N) is 2. The van der Waals surface area contributed by atoms with Crippen LogP contribution in [0.2, 0.25) is 5.02 Å². The SMILES string of the molecule is O=c1ncc(Cl)cn1CC(O)c1ccccc1. The first-order valence-corrected chi connectivity index (χ1v) is 5.49. The van der Waals surface area contributed by atoms with Gasteiger partial charge in [0.2, 0.25) is 0 Å². The Bertz CT molecular complexity index is 554. The van der Waals surface area contributed by atoms with Crippen molar-refractivity contribution in [3.05, 3.63) is 63.8 Å². The van der Waals surface area contributed by atoms with Crippen LogP contribution in [0.15, 0.2) is 47.5 Å². The molecule has 1 aromatic heterocycles. The largest absolute Gasteiger partial charge is 0.387 e. The van der Waals surface area contributed by atoms with Crippen molar-refractivity contribution >= 4 is 11.6 Å². The summed E-state index contributed by atoms with van der Waals surface area (Å²) in [6.45, 7) is 0.135. The minimum Gasteiger partial charge on any atom is -0.387 e. The predicted octanol–water partition coefficient (Wildman–Crippen LogP) is 1.63. The summed E-state index contributed by atoms with van der Waals surface area (Å²) in [7, 11) is 0. The summed E-state index contributed by atoms with van der Waals surface area (Å²) in [6, 6.07) is 9.12. The minimum absolute atomic E-state index is 0.135. The minimum atomic E-state index is -0.755. The molecule has 1 aromatic carbocycles. The highest BCUT2D eigenvalue weighted by Crippen LogP contribution is 2.14. The number of aliphatic hydroxyl groups is 1. The van der Waals surface area contributed by atoms with Crippen LogP contribution in [0.1, 0.15) is 11.7 Å². The fraction of sp³-hybridized carbons (Fsp3) is 0.167. The molecule has 1 atom stereocenters. The smallest absolute Gasteiger partial charge is 0.347 e. The number of aliphatic hydroxyl groups excluding tert-OH is 1. The summed E-state index contributed by atoms with van der Waals surface area (Å²) in [5.74, 6) is 0. The summed E-state index contributed by atoms with van der Waals surface area (Å²) >= 11 is 5.74. The first-order chi connectivity index (χ1) is 8.16. The highest BCUT2D eigenvalue weighted by Gasteiger charge is 2.09. The van der Waals surface area contributed by atoms with Crippen molar-refractivity contribution in [3.63, 3.8) is 0 Å². The van der Waals surface area contributed by atoms with E-state index < -0.39 is 11.8 Å². The van der Waals surface area contributed by atoms with E-state index in [1.165, 1.54) is 17.0 Å². The highest BCUT2D eigenvalue weighted by molar-refractivity contribution is 6.30. The molecular formula is C12H11ClN2O2. The molecule has 0 fully saturated rings. The molecule has 0 saturated heterocycles. The summed E-state index contributed by atoms with van der Waals surface area (Å²) in [5, 5.41) is 10.3. The molecule has 4 nitrogen and oxygen atoms in total. The van der Waals surface area contributed by atoms with Gasteiger partial charge in [-0.2, -0.15) is 0 Å². The maximum absolute atomic E-state index is 11.4. The van der Waals surface area contributed by atoms with Gasteiger partial charge >= 0.3 is 5.69 Å². The quantitative estimate of drug-likeness (QED) is 0.901. The lowest BCUT2D eigenvalue weighted by Crippen LogP contribution is -2.24. The third kappa shape index (κ3) is 2.93. The van der Waals surface area contributed by atoms with Gasteiger partial charge in [-0.1, -0.05) is 41.9 Å². The van der Waals surface area contributed by atoms with Crippen molar-refractivity contribution in [1.82, 2.24) is 9.55 Å². The Kier molecular flexibility index (Phi) is 3.56. The monoisotopic (exact) mass is 250 g/mol. The summed E-state index contributed by atoms with van der Waals surface area (Å²) in [6.07, 6.45) is 1.99. The van der Waals surface area contributed by atoms with Crippen LogP contribution in [0.3, 0.4) is 0 Å². The van der Waals surface area contributed by atoms with Gasteiger partial charge < -0.3 is 5.11 Å². The summed E-state index contributed by atoms with van der Waals surface area (Å²) in [5.41, 5.74) is 0.323. The van der Waals surface area contributed by atoms with Crippen LogP contribution < -0.4 is 5.69 Å². The Morgan fingerprint density at radius 1 is 1.35 bits per heavy atom. The molecule has 2 aromatic rings. The Hall–Kier alpha value is -1.65. The zero-order valence-electron chi connectivity index (χ0n) is 8.95. The molecule has 0 spiro atoms. The standard InChI is InChI=1S/C12H11ClN2O2/c13-10-6-14-12(17)15(7-10)8-11(16)9-4-2-1-3-5-9/h1-7,11,16H,8H2. The number of halogens is 1. The van der Waals surface area contributed by atoms with E-state index in [1.807, 2.05) is 18.2 Å². The van der Waals surface area contributed by atoms with E-state index in [9.17, 15) is 9.90 Å². The maximum atomic E-state index is 11.4. The molecule has 0 bridgehead atoms. The van der Waals surface area contributed by atoms with E-state index in [0.717, 1.165) is 5.56 Å². The lowest BCUT2D eigenvalue weighted by Gasteiger charge is -2.12. The van der Waals surface area contributed by atoms with Crippen molar-refractivity contribution in [2.45, 2.75) is 12.6 Å². The second kappa shape index (κ2) is 5.12. The van der Waals surface area contributed by atoms with Gasteiger partial charge in [0.1, 0.15) is 0 Å². The van der Waals surface area contributed by atoms with E-state index >= 15 is 0 Å². The van der Waals surface area contributed by atoms with Gasteiger partial charge in [0.25, 0.3) is 0 Å². The van der Waals surface area contributed by atoms with Crippen molar-refractivity contribution < 1.29 is 5.11 Å². The molecule has 5 heteroatoms. The van der Waals surface area contributed by atoms with Crippen LogP contribution in [-0.4, -0.2) is 14.7 Å². The first-order valence-electron chi connectivity index (χ1n) is 5.12. The van der Waals surface area contributed by atoms with Gasteiger partial charge in [0.05, 0.1) is 23.9 Å². The number of hydrogen-bond acceptors (Lipinski definition) is 3. The Balaban J connectivity index is 2.21. The zero-order valence-corrected chi connectivity index (χ0v) is 9.71. The Morgan fingerprint density at radius 2 is 2.06 bits per heavy atom. The van der Waals surface area contributed by atoms with Crippen LogP contribution in [0.25, 0.3) is 0 Å². The van der Waals surface area contributed by atoms with Crippen LogP contribution in [0.5, 0.6) is 0 Å². The zero-order chi connectivity index (χ0) is 12.3. The van der Waals surface area contributed by atoms with E-state index in [1.54, 1.807) is 12.1 Å². The van der Waals surface area contributed by atoms with Crippen molar-refractivity contribution in [3.8, 4) is 0 Å². The molecule has 0 aliphatic carbocycles. The number of hydrogen-bond donors (Lipinski definition) is 1. The second-order valence-corrected chi connectivity index (χ2v) is 4.07. The number of benzene rings is 1. The van der Waals surface area contributed by atoms with Gasteiger partial charge in [-0.15, -0.1) is 0 Å². The van der Waals surface area contributed by atoms with Crippen molar-refractivity contribution in [2.75, 3.05) is 0 Å². The van der Waals surface area contributed by atoms with Crippen LogP contribution in [-0.2, 0) is 6.54 Å². The second-order valence-electron chi connectivity index (χ2n) is 3.63. The Morgan fingerprint density at radius 3 is 2.76 bits per heavy atom. The van der Waals surface area contributed by atoms with Gasteiger partial charge in [0, 0.05) is 6.20 Å². The fourth-order valence-corrected chi connectivity index (χ4v) is 1.69. The van der Waals surface area contributed by atoms with Gasteiger partial charge in [-0.05, 0) is 5.56 Å². The average Bonchev–Trinajstić information content (AvgIpc) is 2.35. The lowest BCUT2D eigenvalue weighted by molar-refractivity contribution is 0.154. The van der Waals surface area contributed by atoms with E-state index in [0.29, 0.717) is 5.02 Å². The van der Waals surface area contributed by atoms with E-state index in [-0.39, 0.29) is 6.54 Å². The van der Waals surface area contributed by atoms with Crippen molar-refractivity contribution in [2.24, 2.45) is 0 Å². The molecule has 17 heavy (non-hydrogen) atoms. The normalized spacial score (nSPS) is 12.4. The summed E-state index contributed by atoms with van der Waals surface area (Å²) in [4.78, 5) is 15.0. The van der Waals surface area contributed by atoms with Gasteiger partial charge in [0.15, 0.2) is 0 Å². The van der Waals surface area contributed by atoms with Crippen LogP contribution >= 0.6 is 11.6 Å². The fourth-order valence-electron chi connectivity index (χ4n) is 1.53. The molecule has 88 valence electrons. The molecule has 0 radical (unpaired) electrons. The predicted molar refractivity (Wildman–Crippen MR) is 64.9 cm³/mol. The highest BCUT2D eigenvalue weighted by atomic mass is 35.5. The van der Waals surface area contributed by atoms with Crippen molar-refractivity contribution in [1.29, 1.82) is 0 Å². The number of aromatic nitrogens is 2. The van der Waals surface area contributed by atoms with E-state index in [4.69, 9.17) is 11.6 Å². The summed E-state index contributed by atoms with van der Waals surface area (Å²) < 4.78 is 1.29. The maximum Gasteiger partial charge on any atom is 0.347 e. The molecule has 1 N–H and O–H groups in total. The molecule has 0 saturated carbocycles.